The van der Waals surface area contributed by atoms with Gasteiger partial charge in [0.25, 0.3) is 0 Å². The molecule has 3 atom stereocenters. The Labute approximate surface area is 172 Å². The highest BCUT2D eigenvalue weighted by Gasteiger charge is 2.46. The Balaban J connectivity index is 1.34. The molecule has 154 valence electrons. The van der Waals surface area contributed by atoms with Crippen LogP contribution in [0.5, 0.6) is 5.06 Å². The lowest BCUT2D eigenvalue weighted by molar-refractivity contribution is -0.152. The smallest absolute Gasteiger partial charge is 0.422 e. The molecule has 11 heteroatoms. The van der Waals surface area contributed by atoms with Crippen molar-refractivity contribution in [2.75, 3.05) is 6.61 Å². The molecule has 1 aliphatic carbocycles. The van der Waals surface area contributed by atoms with Crippen LogP contribution in [0.2, 0.25) is 5.02 Å². The van der Waals surface area contributed by atoms with E-state index in [1.165, 1.54) is 12.3 Å². The zero-order chi connectivity index (χ0) is 20.8. The second kappa shape index (κ2) is 7.49. The molecular formula is C18H16ClF3N4O2S. The molecule has 1 amide bonds. The number of alkyl halides is 3. The second-order valence-corrected chi connectivity index (χ2v) is 8.40. The van der Waals surface area contributed by atoms with E-state index in [1.54, 1.807) is 19.1 Å². The number of H-pyrrole nitrogens is 1. The number of carbonyl (C=O) groups is 1. The summed E-state index contributed by atoms with van der Waals surface area (Å²) in [7, 11) is 0. The number of carbonyl (C=O) groups excluding carboxylic acids is 1. The molecule has 1 saturated carbocycles. The summed E-state index contributed by atoms with van der Waals surface area (Å²) < 4.78 is 41.5. The van der Waals surface area contributed by atoms with Crippen molar-refractivity contribution in [1.29, 1.82) is 0 Å². The molecule has 3 heterocycles. The summed E-state index contributed by atoms with van der Waals surface area (Å²) >= 11 is 7.00. The van der Waals surface area contributed by atoms with Crippen LogP contribution in [0, 0.1) is 5.92 Å². The molecule has 29 heavy (non-hydrogen) atoms. The van der Waals surface area contributed by atoms with Crippen molar-refractivity contribution in [2.45, 2.75) is 31.5 Å². The normalized spacial score (nSPS) is 19.9. The number of fused-ring (bicyclic) bond motifs is 1. The average molecular weight is 445 g/mol. The maximum Gasteiger partial charge on any atom is 0.422 e. The summed E-state index contributed by atoms with van der Waals surface area (Å²) in [5.41, 5.74) is 1.27. The minimum atomic E-state index is -4.39. The van der Waals surface area contributed by atoms with Gasteiger partial charge in [-0.1, -0.05) is 11.6 Å². The van der Waals surface area contributed by atoms with Crippen LogP contribution in [-0.2, 0) is 4.79 Å². The summed E-state index contributed by atoms with van der Waals surface area (Å²) in [6.45, 7) is 0.441. The molecule has 3 aromatic heterocycles. The molecular weight excluding hydrogens is 429 g/mol. The minimum absolute atomic E-state index is 0.0239. The van der Waals surface area contributed by atoms with Gasteiger partial charge in [-0.25, -0.2) is 9.97 Å². The van der Waals surface area contributed by atoms with Crippen LogP contribution in [0.3, 0.4) is 0 Å². The number of hydrogen-bond acceptors (Lipinski definition) is 5. The fraction of sp³-hybridized carbons (Fsp3) is 0.389. The molecule has 1 aliphatic rings. The van der Waals surface area contributed by atoms with Crippen LogP contribution in [-0.4, -0.2) is 33.6 Å². The molecule has 2 N–H and O–H groups in total. The number of pyridine rings is 1. The molecule has 0 aliphatic heterocycles. The van der Waals surface area contributed by atoms with Gasteiger partial charge in [0, 0.05) is 22.9 Å². The van der Waals surface area contributed by atoms with E-state index in [2.05, 4.69) is 20.3 Å². The molecule has 0 radical (unpaired) electrons. The van der Waals surface area contributed by atoms with Crippen LogP contribution in [0.4, 0.5) is 13.2 Å². The lowest BCUT2D eigenvalue weighted by Crippen LogP contribution is -2.28. The van der Waals surface area contributed by atoms with Crippen LogP contribution < -0.4 is 10.1 Å². The molecule has 3 aromatic rings. The largest absolute Gasteiger partial charge is 0.475 e. The number of hydrogen-bond donors (Lipinski definition) is 2. The number of aromatic amines is 1. The third kappa shape index (κ3) is 4.64. The third-order valence-electron chi connectivity index (χ3n) is 4.57. The Bertz CT molecular complexity index is 1050. The highest BCUT2D eigenvalue weighted by atomic mass is 35.5. The third-order valence-corrected chi connectivity index (χ3v) is 5.95. The van der Waals surface area contributed by atoms with E-state index < -0.39 is 12.8 Å². The topological polar surface area (TPSA) is 79.9 Å². The number of aromatic nitrogens is 3. The number of rotatable bonds is 6. The maximum atomic E-state index is 12.5. The molecule has 6 nitrogen and oxygen atoms in total. The Morgan fingerprint density at radius 1 is 1.48 bits per heavy atom. The standard InChI is InChI=1S/C18H16ClF3N4O2S/c1-8(13-2-3-14(29-13)28-7-18(20,21)22)24-17(27)11-5-10(11)15-25-12-4-9(19)6-23-16(12)26-15/h2-4,6,8,10-11H,5,7H2,1H3,(H,24,27)(H,23,25,26)/t8-,10-,11-/m1/s1. The first-order chi connectivity index (χ1) is 13.7. The van der Waals surface area contributed by atoms with Gasteiger partial charge >= 0.3 is 6.18 Å². The van der Waals surface area contributed by atoms with E-state index >= 15 is 0 Å². The second-order valence-electron chi connectivity index (χ2n) is 6.88. The molecule has 1 fully saturated rings. The van der Waals surface area contributed by atoms with Gasteiger partial charge in [0.2, 0.25) is 5.91 Å². The van der Waals surface area contributed by atoms with Crippen LogP contribution >= 0.6 is 22.9 Å². The zero-order valence-corrected chi connectivity index (χ0v) is 16.7. The summed E-state index contributed by atoms with van der Waals surface area (Å²) in [5, 5.41) is 3.55. The van der Waals surface area contributed by atoms with Crippen molar-refractivity contribution in [1.82, 2.24) is 20.3 Å². The van der Waals surface area contributed by atoms with Crippen molar-refractivity contribution >= 4 is 40.0 Å². The molecule has 0 spiro atoms. The van der Waals surface area contributed by atoms with E-state index in [1.807, 2.05) is 0 Å². The highest BCUT2D eigenvalue weighted by molar-refractivity contribution is 7.13. The van der Waals surface area contributed by atoms with Gasteiger partial charge in [-0.3, -0.25) is 4.79 Å². The number of ether oxygens (including phenoxy) is 1. The SMILES string of the molecule is C[C@@H](NC(=O)[C@@H]1C[C@H]1c1nc2cc(Cl)cnc2[nH]1)c1ccc(OCC(F)(F)F)s1. The van der Waals surface area contributed by atoms with E-state index in [0.29, 0.717) is 28.4 Å². The van der Waals surface area contributed by atoms with Crippen LogP contribution in [0.1, 0.15) is 36.0 Å². The van der Waals surface area contributed by atoms with Gasteiger partial charge < -0.3 is 15.0 Å². The molecule has 0 unspecified atom stereocenters. The van der Waals surface area contributed by atoms with Gasteiger partial charge in [0.05, 0.1) is 11.1 Å². The monoisotopic (exact) mass is 444 g/mol. The molecule has 0 saturated heterocycles. The first-order valence-corrected chi connectivity index (χ1v) is 10.00. The number of nitrogens with one attached hydrogen (secondary N) is 2. The van der Waals surface area contributed by atoms with Crippen molar-refractivity contribution in [2.24, 2.45) is 5.92 Å². The van der Waals surface area contributed by atoms with Crippen molar-refractivity contribution in [3.63, 3.8) is 0 Å². The van der Waals surface area contributed by atoms with Crippen molar-refractivity contribution in [3.8, 4) is 5.06 Å². The fourth-order valence-corrected chi connectivity index (χ4v) is 4.05. The maximum absolute atomic E-state index is 12.5. The number of amides is 1. The number of nitrogens with zero attached hydrogens (tertiary/aromatic N) is 2. The van der Waals surface area contributed by atoms with Gasteiger partial charge in [0.1, 0.15) is 11.3 Å². The predicted octanol–water partition coefficient (Wildman–Crippen LogP) is 4.59. The van der Waals surface area contributed by atoms with Crippen LogP contribution in [0.25, 0.3) is 11.2 Å². The first-order valence-electron chi connectivity index (χ1n) is 8.80. The molecule has 4 rings (SSSR count). The summed E-state index contributed by atoms with van der Waals surface area (Å²) in [6.07, 6.45) is -2.20. The summed E-state index contributed by atoms with van der Waals surface area (Å²) in [4.78, 5) is 25.0. The highest BCUT2D eigenvalue weighted by Crippen LogP contribution is 2.47. The zero-order valence-electron chi connectivity index (χ0n) is 15.1. The van der Waals surface area contributed by atoms with Gasteiger partial charge in [-0.2, -0.15) is 13.2 Å². The van der Waals surface area contributed by atoms with Gasteiger partial charge in [-0.05, 0) is 31.5 Å². The predicted molar refractivity (Wildman–Crippen MR) is 102 cm³/mol. The first kappa shape index (κ1) is 20.0. The number of halogens is 4. The van der Waals surface area contributed by atoms with Gasteiger partial charge in [0.15, 0.2) is 17.3 Å². The quantitative estimate of drug-likeness (QED) is 0.582. The summed E-state index contributed by atoms with van der Waals surface area (Å²) in [5.74, 6) is 0.334. The Hall–Kier alpha value is -2.33. The van der Waals surface area contributed by atoms with E-state index in [9.17, 15) is 18.0 Å². The van der Waals surface area contributed by atoms with E-state index in [0.717, 1.165) is 16.2 Å². The number of thiophene rings is 1. The fourth-order valence-electron chi connectivity index (χ4n) is 3.04. The van der Waals surface area contributed by atoms with E-state index in [4.69, 9.17) is 16.3 Å². The molecule has 0 aromatic carbocycles. The Morgan fingerprint density at radius 2 is 2.28 bits per heavy atom. The lowest BCUT2D eigenvalue weighted by atomic mass is 10.2. The van der Waals surface area contributed by atoms with E-state index in [-0.39, 0.29) is 28.8 Å². The minimum Gasteiger partial charge on any atom is -0.475 e. The number of imidazole rings is 1. The van der Waals surface area contributed by atoms with Crippen LogP contribution in [0.15, 0.2) is 24.4 Å². The van der Waals surface area contributed by atoms with Crippen molar-refractivity contribution in [3.05, 3.63) is 40.1 Å². The average Bonchev–Trinajstić information content (AvgIpc) is 3.11. The molecule has 0 bridgehead atoms. The lowest BCUT2D eigenvalue weighted by Gasteiger charge is -2.12. The summed E-state index contributed by atoms with van der Waals surface area (Å²) in [6, 6.07) is 4.49. The Morgan fingerprint density at radius 3 is 3.03 bits per heavy atom. The van der Waals surface area contributed by atoms with Gasteiger partial charge in [-0.15, -0.1) is 11.3 Å². The van der Waals surface area contributed by atoms with Crippen molar-refractivity contribution < 1.29 is 22.7 Å². The Kier molecular flexibility index (Phi) is 5.16.